The highest BCUT2D eigenvalue weighted by Gasteiger charge is 2.31. The maximum absolute atomic E-state index is 13.0. The van der Waals surface area contributed by atoms with Crippen molar-refractivity contribution < 1.29 is 9.59 Å². The minimum atomic E-state index is 0.0860. The summed E-state index contributed by atoms with van der Waals surface area (Å²) in [6.45, 7) is 3.30. The van der Waals surface area contributed by atoms with E-state index < -0.39 is 0 Å². The molecule has 136 valence electrons. The first-order valence-corrected chi connectivity index (χ1v) is 9.38. The van der Waals surface area contributed by atoms with Gasteiger partial charge in [0.25, 0.3) is 5.91 Å². The smallest absolute Gasteiger partial charge is 0.254 e. The molecule has 0 radical (unpaired) electrons. The molecule has 2 amide bonds. The van der Waals surface area contributed by atoms with Crippen molar-refractivity contribution >= 4 is 22.6 Å². The highest BCUT2D eigenvalue weighted by Crippen LogP contribution is 2.25. The lowest BCUT2D eigenvalue weighted by Gasteiger charge is -2.35. The van der Waals surface area contributed by atoms with E-state index in [1.165, 1.54) is 0 Å². The molecule has 1 aliphatic carbocycles. The highest BCUT2D eigenvalue weighted by atomic mass is 16.2. The number of rotatable bonds is 4. The Kier molecular flexibility index (Phi) is 4.64. The van der Waals surface area contributed by atoms with Gasteiger partial charge in [-0.25, -0.2) is 0 Å². The summed E-state index contributed by atoms with van der Waals surface area (Å²) < 4.78 is 0. The van der Waals surface area contributed by atoms with Gasteiger partial charge in [-0.3, -0.25) is 14.5 Å². The lowest BCUT2D eigenvalue weighted by molar-refractivity contribution is -0.131. The lowest BCUT2D eigenvalue weighted by atomic mass is 10.0. The van der Waals surface area contributed by atoms with E-state index in [-0.39, 0.29) is 11.8 Å². The molecule has 0 atom stereocenters. The molecule has 5 heteroatoms. The molecule has 1 aliphatic heterocycles. The summed E-state index contributed by atoms with van der Waals surface area (Å²) in [5.74, 6) is 0.282. The summed E-state index contributed by atoms with van der Waals surface area (Å²) in [6, 6.07) is 14.3. The van der Waals surface area contributed by atoms with E-state index in [1.54, 1.807) is 0 Å². The minimum absolute atomic E-state index is 0.0860. The molecule has 0 spiro atoms. The van der Waals surface area contributed by atoms with Crippen LogP contribution >= 0.6 is 0 Å². The number of likely N-dealkylation sites (N-methyl/N-ethyl adjacent to an activating group) is 1. The second-order valence-corrected chi connectivity index (χ2v) is 7.33. The summed E-state index contributed by atoms with van der Waals surface area (Å²) in [6.07, 6.45) is 2.27. The third-order valence-electron chi connectivity index (χ3n) is 5.53. The largest absolute Gasteiger partial charge is 0.342 e. The van der Waals surface area contributed by atoms with Crippen LogP contribution in [0.15, 0.2) is 42.5 Å². The van der Waals surface area contributed by atoms with Crippen molar-refractivity contribution in [3.8, 4) is 0 Å². The Labute approximate surface area is 154 Å². The maximum Gasteiger partial charge on any atom is 0.254 e. The Morgan fingerprint density at radius 1 is 1.00 bits per heavy atom. The zero-order chi connectivity index (χ0) is 18.1. The monoisotopic (exact) mass is 351 g/mol. The fraction of sp³-hybridized carbons (Fsp3) is 0.429. The highest BCUT2D eigenvalue weighted by molar-refractivity contribution is 6.07. The Morgan fingerprint density at radius 3 is 2.42 bits per heavy atom. The first-order chi connectivity index (χ1) is 12.6. The molecule has 2 aromatic carbocycles. The van der Waals surface area contributed by atoms with Crippen LogP contribution in [0.5, 0.6) is 0 Å². The van der Waals surface area contributed by atoms with E-state index in [0.29, 0.717) is 25.7 Å². The van der Waals surface area contributed by atoms with Gasteiger partial charge in [0.2, 0.25) is 5.91 Å². The number of nitrogens with zero attached hydrogens (tertiary/aromatic N) is 3. The SMILES string of the molecule is CN(C(=O)CN1CCN(C(=O)c2cccc3ccccc23)CC1)C1CC1. The quantitative estimate of drug-likeness (QED) is 0.848. The molecule has 2 aliphatic rings. The zero-order valence-electron chi connectivity index (χ0n) is 15.2. The van der Waals surface area contributed by atoms with Gasteiger partial charge in [0.1, 0.15) is 0 Å². The number of carbonyl (C=O) groups excluding carboxylic acids is 2. The second-order valence-electron chi connectivity index (χ2n) is 7.33. The molecule has 1 saturated carbocycles. The minimum Gasteiger partial charge on any atom is -0.342 e. The number of benzene rings is 2. The molecule has 0 bridgehead atoms. The molecular formula is C21H25N3O2. The summed E-state index contributed by atoms with van der Waals surface area (Å²) in [4.78, 5) is 31.2. The Morgan fingerprint density at radius 2 is 1.69 bits per heavy atom. The van der Waals surface area contributed by atoms with Crippen LogP contribution in [0.2, 0.25) is 0 Å². The van der Waals surface area contributed by atoms with Crippen molar-refractivity contribution in [2.75, 3.05) is 39.8 Å². The Balaban J connectivity index is 1.38. The van der Waals surface area contributed by atoms with Gasteiger partial charge in [-0.2, -0.15) is 0 Å². The van der Waals surface area contributed by atoms with Gasteiger partial charge in [-0.05, 0) is 29.7 Å². The summed E-state index contributed by atoms with van der Waals surface area (Å²) >= 11 is 0. The van der Waals surface area contributed by atoms with Crippen LogP contribution in [0, 0.1) is 0 Å². The Hall–Kier alpha value is -2.40. The van der Waals surface area contributed by atoms with Gasteiger partial charge in [0.05, 0.1) is 6.54 Å². The van der Waals surface area contributed by atoms with Crippen molar-refractivity contribution in [3.05, 3.63) is 48.0 Å². The normalized spacial score (nSPS) is 18.1. The molecule has 5 nitrogen and oxygen atoms in total. The van der Waals surface area contributed by atoms with Gasteiger partial charge < -0.3 is 9.80 Å². The number of fused-ring (bicyclic) bond motifs is 1. The van der Waals surface area contributed by atoms with Crippen molar-refractivity contribution in [2.24, 2.45) is 0 Å². The van der Waals surface area contributed by atoms with E-state index in [4.69, 9.17) is 0 Å². The number of hydrogen-bond donors (Lipinski definition) is 0. The standard InChI is InChI=1S/C21H25N3O2/c1-22(17-9-10-17)20(25)15-23-11-13-24(14-12-23)21(26)19-8-4-6-16-5-2-3-7-18(16)19/h2-8,17H,9-15H2,1H3. The van der Waals surface area contributed by atoms with Gasteiger partial charge in [-0.1, -0.05) is 36.4 Å². The van der Waals surface area contributed by atoms with Crippen LogP contribution in [-0.4, -0.2) is 72.3 Å². The number of piperazine rings is 1. The van der Waals surface area contributed by atoms with Crippen LogP contribution in [-0.2, 0) is 4.79 Å². The van der Waals surface area contributed by atoms with E-state index in [2.05, 4.69) is 4.90 Å². The van der Waals surface area contributed by atoms with E-state index in [1.807, 2.05) is 59.3 Å². The first-order valence-electron chi connectivity index (χ1n) is 9.38. The molecule has 26 heavy (non-hydrogen) atoms. The van der Waals surface area contributed by atoms with Crippen molar-refractivity contribution in [1.82, 2.24) is 14.7 Å². The van der Waals surface area contributed by atoms with Gasteiger partial charge in [0.15, 0.2) is 0 Å². The van der Waals surface area contributed by atoms with Crippen molar-refractivity contribution in [3.63, 3.8) is 0 Å². The zero-order valence-corrected chi connectivity index (χ0v) is 15.2. The van der Waals surface area contributed by atoms with Gasteiger partial charge in [0, 0.05) is 44.8 Å². The predicted molar refractivity (Wildman–Crippen MR) is 102 cm³/mol. The van der Waals surface area contributed by atoms with Gasteiger partial charge >= 0.3 is 0 Å². The molecule has 1 saturated heterocycles. The van der Waals surface area contributed by atoms with Crippen molar-refractivity contribution in [1.29, 1.82) is 0 Å². The summed E-state index contributed by atoms with van der Waals surface area (Å²) in [5.41, 5.74) is 0.765. The average molecular weight is 351 g/mol. The fourth-order valence-corrected chi connectivity index (χ4v) is 3.66. The number of hydrogen-bond acceptors (Lipinski definition) is 3. The van der Waals surface area contributed by atoms with Crippen LogP contribution in [0.3, 0.4) is 0 Å². The topological polar surface area (TPSA) is 43.9 Å². The van der Waals surface area contributed by atoms with Gasteiger partial charge in [-0.15, -0.1) is 0 Å². The molecule has 0 N–H and O–H groups in total. The third-order valence-corrected chi connectivity index (χ3v) is 5.53. The summed E-state index contributed by atoms with van der Waals surface area (Å²) in [7, 11) is 1.90. The van der Waals surface area contributed by atoms with Crippen LogP contribution in [0.25, 0.3) is 10.8 Å². The lowest BCUT2D eigenvalue weighted by Crippen LogP contribution is -2.51. The Bertz CT molecular complexity index is 818. The fourth-order valence-electron chi connectivity index (χ4n) is 3.66. The van der Waals surface area contributed by atoms with Crippen molar-refractivity contribution in [2.45, 2.75) is 18.9 Å². The average Bonchev–Trinajstić information content (AvgIpc) is 3.52. The molecule has 2 fully saturated rings. The molecule has 0 aromatic heterocycles. The van der Waals surface area contributed by atoms with E-state index >= 15 is 0 Å². The molecule has 2 aromatic rings. The molecular weight excluding hydrogens is 326 g/mol. The molecule has 1 heterocycles. The van der Waals surface area contributed by atoms with Crippen LogP contribution in [0.4, 0.5) is 0 Å². The predicted octanol–water partition coefficient (Wildman–Crippen LogP) is 2.22. The summed E-state index contributed by atoms with van der Waals surface area (Å²) in [5, 5.41) is 2.09. The first kappa shape index (κ1) is 17.0. The van der Waals surface area contributed by atoms with Crippen LogP contribution in [0.1, 0.15) is 23.2 Å². The second kappa shape index (κ2) is 7.08. The van der Waals surface area contributed by atoms with E-state index in [9.17, 15) is 9.59 Å². The maximum atomic E-state index is 13.0. The van der Waals surface area contributed by atoms with Crippen LogP contribution < -0.4 is 0 Å². The number of carbonyl (C=O) groups is 2. The van der Waals surface area contributed by atoms with E-state index in [0.717, 1.165) is 42.3 Å². The third kappa shape index (κ3) is 3.44. The number of amides is 2. The molecule has 0 unspecified atom stereocenters. The molecule has 4 rings (SSSR count).